The van der Waals surface area contributed by atoms with Gasteiger partial charge >= 0.3 is 0 Å². The first-order chi connectivity index (χ1) is 9.68. The summed E-state index contributed by atoms with van der Waals surface area (Å²) in [6.45, 7) is 6.31. The molecule has 0 fully saturated rings. The van der Waals surface area contributed by atoms with E-state index in [1.54, 1.807) is 0 Å². The number of hydrogen-bond donors (Lipinski definition) is 0. The summed E-state index contributed by atoms with van der Waals surface area (Å²) in [6, 6.07) is 12.6. The molecule has 0 saturated heterocycles. The molecule has 0 unspecified atom stereocenters. The van der Waals surface area contributed by atoms with E-state index in [1.807, 2.05) is 24.3 Å². The van der Waals surface area contributed by atoms with Gasteiger partial charge in [0, 0.05) is 0 Å². The van der Waals surface area contributed by atoms with Crippen molar-refractivity contribution in [2.24, 2.45) is 0 Å². The van der Waals surface area contributed by atoms with Gasteiger partial charge in [-0.3, -0.25) is 0 Å². The highest BCUT2D eigenvalue weighted by Gasteiger charge is 2.17. The highest BCUT2D eigenvalue weighted by atomic mass is 32.2. The molecule has 0 radical (unpaired) electrons. The molecule has 0 saturated carbocycles. The molecule has 2 aromatic carbocycles. The zero-order valence-corrected chi connectivity index (χ0v) is 13.2. The number of rotatable bonds is 3. The van der Waals surface area contributed by atoms with Crippen molar-refractivity contribution in [1.29, 1.82) is 0 Å². The van der Waals surface area contributed by atoms with Gasteiger partial charge in [-0.05, 0) is 34.7 Å². The quantitative estimate of drug-likeness (QED) is 0.855. The van der Waals surface area contributed by atoms with Crippen molar-refractivity contribution in [2.75, 3.05) is 0 Å². The molecule has 0 N–H and O–H groups in total. The van der Waals surface area contributed by atoms with Gasteiger partial charge in [-0.15, -0.1) is 0 Å². The standard InChI is InChI=1S/C17H19FO2S/c1-17(2,3)14-9-7-13(8-10-14)12-21(19,20)16-6-4-5-15(18)11-16/h4-11H,12H2,1-3H3. The normalized spacial score (nSPS) is 12.4. The molecule has 0 aliphatic carbocycles. The lowest BCUT2D eigenvalue weighted by Crippen LogP contribution is -2.11. The second-order valence-corrected chi connectivity index (χ2v) is 8.15. The molecule has 21 heavy (non-hydrogen) atoms. The van der Waals surface area contributed by atoms with Crippen LogP contribution >= 0.6 is 0 Å². The predicted octanol–water partition coefficient (Wildman–Crippen LogP) is 4.10. The molecule has 0 amide bonds. The molecule has 0 aliphatic heterocycles. The van der Waals surface area contributed by atoms with E-state index in [0.29, 0.717) is 5.56 Å². The average molecular weight is 306 g/mol. The Kier molecular flexibility index (Phi) is 4.19. The number of benzene rings is 2. The van der Waals surface area contributed by atoms with E-state index in [2.05, 4.69) is 20.8 Å². The van der Waals surface area contributed by atoms with Crippen molar-refractivity contribution in [3.05, 3.63) is 65.5 Å². The highest BCUT2D eigenvalue weighted by Crippen LogP contribution is 2.23. The maximum Gasteiger partial charge on any atom is 0.182 e. The first kappa shape index (κ1) is 15.7. The van der Waals surface area contributed by atoms with E-state index in [9.17, 15) is 12.8 Å². The molecule has 2 aromatic rings. The fourth-order valence-electron chi connectivity index (χ4n) is 2.06. The third kappa shape index (κ3) is 3.91. The van der Waals surface area contributed by atoms with E-state index in [-0.39, 0.29) is 16.1 Å². The van der Waals surface area contributed by atoms with E-state index in [0.717, 1.165) is 11.6 Å². The minimum absolute atomic E-state index is 0.0161. The van der Waals surface area contributed by atoms with Crippen LogP contribution in [0.15, 0.2) is 53.4 Å². The largest absolute Gasteiger partial charge is 0.223 e. The summed E-state index contributed by atoms with van der Waals surface area (Å²) in [5.74, 6) is -0.667. The van der Waals surface area contributed by atoms with E-state index >= 15 is 0 Å². The first-order valence-electron chi connectivity index (χ1n) is 6.76. The van der Waals surface area contributed by atoms with Crippen LogP contribution in [0, 0.1) is 5.82 Å². The van der Waals surface area contributed by atoms with Crippen LogP contribution < -0.4 is 0 Å². The molecule has 112 valence electrons. The van der Waals surface area contributed by atoms with Crippen LogP contribution in [0.4, 0.5) is 4.39 Å². The van der Waals surface area contributed by atoms with Gasteiger partial charge in [0.25, 0.3) is 0 Å². The SMILES string of the molecule is CC(C)(C)c1ccc(CS(=O)(=O)c2cccc(F)c2)cc1. The summed E-state index contributed by atoms with van der Waals surface area (Å²) in [4.78, 5) is 0.0161. The van der Waals surface area contributed by atoms with Gasteiger partial charge in [0.05, 0.1) is 10.6 Å². The van der Waals surface area contributed by atoms with Gasteiger partial charge in [0.1, 0.15) is 5.82 Å². The molecule has 0 atom stereocenters. The van der Waals surface area contributed by atoms with Gasteiger partial charge in [-0.25, -0.2) is 12.8 Å². The summed E-state index contributed by atoms with van der Waals surface area (Å²) < 4.78 is 37.7. The Hall–Kier alpha value is -1.68. The lowest BCUT2D eigenvalue weighted by atomic mass is 9.87. The molecule has 0 heterocycles. The van der Waals surface area contributed by atoms with Gasteiger partial charge < -0.3 is 0 Å². The van der Waals surface area contributed by atoms with Crippen LogP contribution in [-0.2, 0) is 21.0 Å². The molecule has 0 aromatic heterocycles. The molecule has 0 spiro atoms. The molecule has 0 aliphatic rings. The molecule has 2 nitrogen and oxygen atoms in total. The Morgan fingerprint density at radius 1 is 1.00 bits per heavy atom. The second kappa shape index (κ2) is 5.60. The van der Waals surface area contributed by atoms with Crippen LogP contribution in [0.2, 0.25) is 0 Å². The maximum atomic E-state index is 13.2. The lowest BCUT2D eigenvalue weighted by Gasteiger charge is -2.19. The van der Waals surface area contributed by atoms with E-state index in [1.165, 1.54) is 18.2 Å². The third-order valence-corrected chi connectivity index (χ3v) is 5.02. The highest BCUT2D eigenvalue weighted by molar-refractivity contribution is 7.90. The van der Waals surface area contributed by atoms with Crippen molar-refractivity contribution < 1.29 is 12.8 Å². The van der Waals surface area contributed by atoms with Gasteiger partial charge in [-0.1, -0.05) is 51.1 Å². The van der Waals surface area contributed by atoms with Crippen molar-refractivity contribution in [3.8, 4) is 0 Å². The Balaban J connectivity index is 2.25. The number of halogens is 1. The van der Waals surface area contributed by atoms with Crippen LogP contribution in [-0.4, -0.2) is 8.42 Å². The first-order valence-corrected chi connectivity index (χ1v) is 8.41. The predicted molar refractivity (Wildman–Crippen MR) is 82.4 cm³/mol. The Bertz CT molecular complexity index is 726. The van der Waals surface area contributed by atoms with Crippen LogP contribution in [0.1, 0.15) is 31.9 Å². The number of sulfone groups is 1. The Morgan fingerprint density at radius 2 is 1.62 bits per heavy atom. The zero-order chi connectivity index (χ0) is 15.7. The number of hydrogen-bond acceptors (Lipinski definition) is 2. The van der Waals surface area contributed by atoms with Crippen LogP contribution in [0.5, 0.6) is 0 Å². The van der Waals surface area contributed by atoms with Crippen LogP contribution in [0.25, 0.3) is 0 Å². The molecule has 4 heteroatoms. The van der Waals surface area contributed by atoms with Gasteiger partial charge in [-0.2, -0.15) is 0 Å². The zero-order valence-electron chi connectivity index (χ0n) is 12.4. The summed E-state index contributed by atoms with van der Waals surface area (Å²) >= 11 is 0. The topological polar surface area (TPSA) is 34.1 Å². The fraction of sp³-hybridized carbons (Fsp3) is 0.294. The van der Waals surface area contributed by atoms with Crippen molar-refractivity contribution in [3.63, 3.8) is 0 Å². The van der Waals surface area contributed by atoms with E-state index in [4.69, 9.17) is 0 Å². The second-order valence-electron chi connectivity index (χ2n) is 6.16. The lowest BCUT2D eigenvalue weighted by molar-refractivity contribution is 0.588. The van der Waals surface area contributed by atoms with Crippen molar-refractivity contribution >= 4 is 9.84 Å². The minimum atomic E-state index is -3.52. The summed E-state index contributed by atoms with van der Waals surface area (Å²) in [6.07, 6.45) is 0. The smallest absolute Gasteiger partial charge is 0.182 e. The van der Waals surface area contributed by atoms with Crippen molar-refractivity contribution in [2.45, 2.75) is 36.8 Å². The molecule has 0 bridgehead atoms. The summed E-state index contributed by atoms with van der Waals surface area (Å²) in [5, 5.41) is 0. The van der Waals surface area contributed by atoms with Crippen molar-refractivity contribution in [1.82, 2.24) is 0 Å². The minimum Gasteiger partial charge on any atom is -0.223 e. The molecular formula is C17H19FO2S. The maximum absolute atomic E-state index is 13.2. The molecular weight excluding hydrogens is 287 g/mol. The van der Waals surface area contributed by atoms with E-state index < -0.39 is 15.7 Å². The third-order valence-electron chi connectivity index (χ3n) is 3.33. The van der Waals surface area contributed by atoms with Gasteiger partial charge in [0.2, 0.25) is 0 Å². The Labute approximate surface area is 125 Å². The average Bonchev–Trinajstić information content (AvgIpc) is 2.38. The van der Waals surface area contributed by atoms with Gasteiger partial charge in [0.15, 0.2) is 9.84 Å². The summed E-state index contributed by atoms with van der Waals surface area (Å²) in [5.41, 5.74) is 1.88. The molecule has 2 rings (SSSR count). The monoisotopic (exact) mass is 306 g/mol. The Morgan fingerprint density at radius 3 is 2.14 bits per heavy atom. The fourth-order valence-corrected chi connectivity index (χ4v) is 3.44. The summed E-state index contributed by atoms with van der Waals surface area (Å²) in [7, 11) is -3.52. The van der Waals surface area contributed by atoms with Crippen LogP contribution in [0.3, 0.4) is 0 Å².